The molecule has 0 fully saturated rings. The van der Waals surface area contributed by atoms with Crippen molar-refractivity contribution in [2.24, 2.45) is 0 Å². The summed E-state index contributed by atoms with van der Waals surface area (Å²) in [5.74, 6) is 0.0499. The van der Waals surface area contributed by atoms with Crippen molar-refractivity contribution in [3.05, 3.63) is 28.2 Å². The number of ketones is 1. The molecule has 1 rings (SSSR count). The average Bonchev–Trinajstić information content (AvgIpc) is 2.45. The van der Waals surface area contributed by atoms with E-state index in [1.165, 1.54) is 7.11 Å². The number of benzene rings is 1. The fourth-order valence-electron chi connectivity index (χ4n) is 1.65. The fraction of sp³-hybridized carbons (Fsp3) is 0.467. The molecule has 0 aromatic heterocycles. The zero-order valence-corrected chi connectivity index (χ0v) is 13.4. The normalized spacial score (nSPS) is 10.2. The van der Waals surface area contributed by atoms with Crippen LogP contribution in [0.15, 0.2) is 22.7 Å². The first-order valence-electron chi connectivity index (χ1n) is 6.60. The van der Waals surface area contributed by atoms with Gasteiger partial charge >= 0.3 is 5.97 Å². The number of unbranched alkanes of at least 4 members (excludes halogenated alkanes) is 1. The minimum atomic E-state index is -0.333. The van der Waals surface area contributed by atoms with E-state index in [1.807, 2.05) is 6.92 Å². The predicted molar refractivity (Wildman–Crippen MR) is 80.1 cm³/mol. The second-order valence-electron chi connectivity index (χ2n) is 4.34. The molecule has 0 aliphatic rings. The van der Waals surface area contributed by atoms with E-state index in [9.17, 15) is 9.59 Å². The minimum absolute atomic E-state index is 0.0955. The zero-order chi connectivity index (χ0) is 15.0. The maximum Gasteiger partial charge on any atom is 0.306 e. The number of hydrogen-bond acceptors (Lipinski definition) is 4. The summed E-state index contributed by atoms with van der Waals surface area (Å²) in [6.45, 7) is 2.45. The summed E-state index contributed by atoms with van der Waals surface area (Å²) >= 11 is 3.32. The quantitative estimate of drug-likeness (QED) is 0.410. The van der Waals surface area contributed by atoms with Gasteiger partial charge in [-0.1, -0.05) is 29.3 Å². The summed E-state index contributed by atoms with van der Waals surface area (Å²) in [7, 11) is 1.51. The summed E-state index contributed by atoms with van der Waals surface area (Å²) < 4.78 is 11.0. The number of carbonyl (C=O) groups excluding carboxylic acids is 2. The third-order valence-corrected chi connectivity index (χ3v) is 3.27. The topological polar surface area (TPSA) is 52.6 Å². The molecule has 0 spiro atoms. The highest BCUT2D eigenvalue weighted by Gasteiger charge is 2.15. The van der Waals surface area contributed by atoms with Crippen LogP contribution in [0.3, 0.4) is 0 Å². The van der Waals surface area contributed by atoms with Gasteiger partial charge in [0.15, 0.2) is 5.78 Å². The van der Waals surface area contributed by atoms with E-state index >= 15 is 0 Å². The first-order valence-corrected chi connectivity index (χ1v) is 7.40. The van der Waals surface area contributed by atoms with Crippen molar-refractivity contribution in [3.8, 4) is 5.75 Å². The van der Waals surface area contributed by atoms with E-state index in [1.54, 1.807) is 18.2 Å². The third-order valence-electron chi connectivity index (χ3n) is 2.78. The van der Waals surface area contributed by atoms with Crippen LogP contribution in [-0.2, 0) is 9.53 Å². The second kappa shape index (κ2) is 8.74. The molecule has 4 nitrogen and oxygen atoms in total. The van der Waals surface area contributed by atoms with Crippen LogP contribution in [0.1, 0.15) is 43.0 Å². The lowest BCUT2D eigenvalue weighted by Crippen LogP contribution is -2.09. The van der Waals surface area contributed by atoms with Crippen LogP contribution in [-0.4, -0.2) is 25.5 Å². The SMILES string of the molecule is CCCCOC(=O)CCC(=O)c1cc(Br)ccc1OC. The molecule has 0 saturated heterocycles. The summed E-state index contributed by atoms with van der Waals surface area (Å²) in [5.41, 5.74) is 0.475. The van der Waals surface area contributed by atoms with Gasteiger partial charge in [0.2, 0.25) is 0 Å². The van der Waals surface area contributed by atoms with Crippen LogP contribution in [0.5, 0.6) is 5.75 Å². The van der Waals surface area contributed by atoms with E-state index < -0.39 is 0 Å². The second-order valence-corrected chi connectivity index (χ2v) is 5.26. The van der Waals surface area contributed by atoms with Crippen LogP contribution >= 0.6 is 15.9 Å². The van der Waals surface area contributed by atoms with E-state index in [-0.39, 0.29) is 24.6 Å². The van der Waals surface area contributed by atoms with E-state index in [0.717, 1.165) is 17.3 Å². The Morgan fingerprint density at radius 2 is 2.00 bits per heavy atom. The van der Waals surface area contributed by atoms with E-state index in [2.05, 4.69) is 15.9 Å². The smallest absolute Gasteiger partial charge is 0.306 e. The Balaban J connectivity index is 2.54. The number of rotatable bonds is 8. The molecule has 0 saturated carbocycles. The number of hydrogen-bond donors (Lipinski definition) is 0. The number of carbonyl (C=O) groups is 2. The number of Topliss-reactive ketones (excluding diaryl/α,β-unsaturated/α-hetero) is 1. The van der Waals surface area contributed by atoms with Gasteiger partial charge in [0.1, 0.15) is 5.75 Å². The third kappa shape index (κ3) is 5.33. The Bertz CT molecular complexity index is 471. The lowest BCUT2D eigenvalue weighted by Gasteiger charge is -2.08. The number of halogens is 1. The van der Waals surface area contributed by atoms with Crippen molar-refractivity contribution in [3.63, 3.8) is 0 Å². The molecule has 0 N–H and O–H groups in total. The molecule has 0 aliphatic carbocycles. The van der Waals surface area contributed by atoms with Gasteiger partial charge in [-0.25, -0.2) is 0 Å². The van der Waals surface area contributed by atoms with Gasteiger partial charge in [0.25, 0.3) is 0 Å². The van der Waals surface area contributed by atoms with Gasteiger partial charge in [0, 0.05) is 10.9 Å². The first kappa shape index (κ1) is 16.7. The molecule has 1 aromatic rings. The molecule has 5 heteroatoms. The van der Waals surface area contributed by atoms with Crippen molar-refractivity contribution >= 4 is 27.7 Å². The largest absolute Gasteiger partial charge is 0.496 e. The summed E-state index contributed by atoms with van der Waals surface area (Å²) in [6, 6.07) is 5.22. The van der Waals surface area contributed by atoms with Crippen LogP contribution in [0, 0.1) is 0 Å². The summed E-state index contributed by atoms with van der Waals surface area (Å²) in [4.78, 5) is 23.6. The maximum atomic E-state index is 12.1. The Kier molecular flexibility index (Phi) is 7.30. The van der Waals surface area contributed by atoms with E-state index in [4.69, 9.17) is 9.47 Å². The van der Waals surface area contributed by atoms with Crippen LogP contribution in [0.4, 0.5) is 0 Å². The average molecular weight is 343 g/mol. The van der Waals surface area contributed by atoms with Crippen molar-refractivity contribution in [2.45, 2.75) is 32.6 Å². The van der Waals surface area contributed by atoms with Crippen molar-refractivity contribution in [1.29, 1.82) is 0 Å². The summed E-state index contributed by atoms with van der Waals surface area (Å²) in [6.07, 6.45) is 2.04. The van der Waals surface area contributed by atoms with E-state index in [0.29, 0.717) is 17.9 Å². The molecular weight excluding hydrogens is 324 g/mol. The number of methoxy groups -OCH3 is 1. The molecular formula is C15H19BrO4. The Hall–Kier alpha value is -1.36. The molecule has 0 heterocycles. The fourth-order valence-corrected chi connectivity index (χ4v) is 2.01. The van der Waals surface area contributed by atoms with Crippen molar-refractivity contribution < 1.29 is 19.1 Å². The van der Waals surface area contributed by atoms with Crippen LogP contribution < -0.4 is 4.74 Å². The van der Waals surface area contributed by atoms with Crippen LogP contribution in [0.25, 0.3) is 0 Å². The molecule has 0 atom stereocenters. The molecule has 0 aliphatic heterocycles. The standard InChI is InChI=1S/C15H19BrO4/c1-3-4-9-20-15(18)8-6-13(17)12-10-11(16)5-7-14(12)19-2/h5,7,10H,3-4,6,8-9H2,1-2H3. The molecule has 20 heavy (non-hydrogen) atoms. The monoisotopic (exact) mass is 342 g/mol. The molecule has 110 valence electrons. The number of ether oxygens (including phenoxy) is 2. The zero-order valence-electron chi connectivity index (χ0n) is 11.8. The van der Waals surface area contributed by atoms with Crippen LogP contribution in [0.2, 0.25) is 0 Å². The molecule has 1 aromatic carbocycles. The van der Waals surface area contributed by atoms with Gasteiger partial charge in [-0.15, -0.1) is 0 Å². The Morgan fingerprint density at radius 1 is 1.25 bits per heavy atom. The summed E-state index contributed by atoms with van der Waals surface area (Å²) in [5, 5.41) is 0. The maximum absolute atomic E-state index is 12.1. The van der Waals surface area contributed by atoms with Crippen molar-refractivity contribution in [1.82, 2.24) is 0 Å². The number of esters is 1. The predicted octanol–water partition coefficient (Wildman–Crippen LogP) is 3.76. The Morgan fingerprint density at radius 3 is 2.65 bits per heavy atom. The first-order chi connectivity index (χ1) is 9.58. The lowest BCUT2D eigenvalue weighted by molar-refractivity contribution is -0.143. The van der Waals surface area contributed by atoms with Gasteiger partial charge in [-0.2, -0.15) is 0 Å². The van der Waals surface area contributed by atoms with Crippen molar-refractivity contribution in [2.75, 3.05) is 13.7 Å². The molecule has 0 unspecified atom stereocenters. The molecule has 0 bridgehead atoms. The van der Waals surface area contributed by atoms with Gasteiger partial charge in [0.05, 0.1) is 25.7 Å². The minimum Gasteiger partial charge on any atom is -0.496 e. The lowest BCUT2D eigenvalue weighted by atomic mass is 10.1. The highest BCUT2D eigenvalue weighted by Crippen LogP contribution is 2.24. The van der Waals surface area contributed by atoms with Gasteiger partial charge in [-0.3, -0.25) is 9.59 Å². The molecule has 0 radical (unpaired) electrons. The molecule has 0 amide bonds. The van der Waals surface area contributed by atoms with Gasteiger partial charge < -0.3 is 9.47 Å². The highest BCUT2D eigenvalue weighted by molar-refractivity contribution is 9.10. The van der Waals surface area contributed by atoms with Gasteiger partial charge in [-0.05, 0) is 24.6 Å². The Labute approximate surface area is 127 Å². The highest BCUT2D eigenvalue weighted by atomic mass is 79.9.